The molecule has 0 aromatic heterocycles. The molecule has 0 unspecified atom stereocenters. The molecule has 0 aliphatic heterocycles. The molecule has 106 valence electrons. The second-order valence-electron chi connectivity index (χ2n) is 4.93. The predicted molar refractivity (Wildman–Crippen MR) is 70.1 cm³/mol. The Labute approximate surface area is 116 Å². The quantitative estimate of drug-likeness (QED) is 0.848. The summed E-state index contributed by atoms with van der Waals surface area (Å²) in [4.78, 5) is 23.2. The molecule has 4 nitrogen and oxygen atoms in total. The van der Waals surface area contributed by atoms with Gasteiger partial charge in [-0.05, 0) is 37.5 Å². The molecule has 0 bridgehead atoms. The van der Waals surface area contributed by atoms with Crippen LogP contribution >= 0.6 is 0 Å². The van der Waals surface area contributed by atoms with Crippen molar-refractivity contribution < 1.29 is 19.1 Å². The van der Waals surface area contributed by atoms with E-state index in [1.807, 2.05) is 0 Å². The number of hydrogen-bond donors (Lipinski definition) is 1. The lowest BCUT2D eigenvalue weighted by atomic mass is 9.82. The number of carboxylic acids is 1. The second-order valence-corrected chi connectivity index (χ2v) is 4.93. The Morgan fingerprint density at radius 1 is 1.25 bits per heavy atom. The van der Waals surface area contributed by atoms with Crippen LogP contribution in [0, 0.1) is 24.6 Å². The molecule has 0 radical (unpaired) electrons. The van der Waals surface area contributed by atoms with Gasteiger partial charge < -0.3 is 15.2 Å². The maximum absolute atomic E-state index is 13.4. The third-order valence-corrected chi connectivity index (χ3v) is 3.51. The molecular formula is C15H15FNO3-. The molecule has 1 aliphatic rings. The summed E-state index contributed by atoms with van der Waals surface area (Å²) in [5.74, 6) is -3.59. The Morgan fingerprint density at radius 3 is 2.50 bits per heavy atom. The zero-order chi connectivity index (χ0) is 14.7. The van der Waals surface area contributed by atoms with E-state index in [1.165, 1.54) is 6.07 Å². The second kappa shape index (κ2) is 5.86. The minimum absolute atomic E-state index is 0.280. The largest absolute Gasteiger partial charge is 0.550 e. The summed E-state index contributed by atoms with van der Waals surface area (Å²) in [5, 5.41) is 13.6. The third-order valence-electron chi connectivity index (χ3n) is 3.51. The van der Waals surface area contributed by atoms with E-state index in [-0.39, 0.29) is 6.42 Å². The van der Waals surface area contributed by atoms with Crippen LogP contribution in [0.1, 0.15) is 18.4 Å². The lowest BCUT2D eigenvalue weighted by Crippen LogP contribution is -2.41. The number of hydrogen-bond acceptors (Lipinski definition) is 3. The van der Waals surface area contributed by atoms with Gasteiger partial charge in [-0.2, -0.15) is 0 Å². The minimum atomic E-state index is -1.23. The van der Waals surface area contributed by atoms with Gasteiger partial charge in [0, 0.05) is 17.6 Å². The van der Waals surface area contributed by atoms with Crippen molar-refractivity contribution in [1.29, 1.82) is 0 Å². The van der Waals surface area contributed by atoms with E-state index in [2.05, 4.69) is 5.32 Å². The third kappa shape index (κ3) is 3.04. The molecule has 1 amide bonds. The van der Waals surface area contributed by atoms with Gasteiger partial charge in [0.1, 0.15) is 5.82 Å². The fourth-order valence-electron chi connectivity index (χ4n) is 2.27. The summed E-state index contributed by atoms with van der Waals surface area (Å²) in [6.45, 7) is 1.62. The molecule has 1 aliphatic carbocycles. The number of amides is 1. The molecule has 1 aromatic carbocycles. The minimum Gasteiger partial charge on any atom is -0.550 e. The number of aryl methyl sites for hydroxylation is 1. The van der Waals surface area contributed by atoms with Crippen molar-refractivity contribution in [2.75, 3.05) is 5.32 Å². The topological polar surface area (TPSA) is 69.2 Å². The Balaban J connectivity index is 2.12. The number of aliphatic carboxylic acids is 1. The zero-order valence-electron chi connectivity index (χ0n) is 11.1. The van der Waals surface area contributed by atoms with Gasteiger partial charge >= 0.3 is 0 Å². The highest BCUT2D eigenvalue weighted by Crippen LogP contribution is 2.26. The van der Waals surface area contributed by atoms with Gasteiger partial charge in [0.05, 0.1) is 5.92 Å². The highest BCUT2D eigenvalue weighted by molar-refractivity contribution is 5.95. The first-order valence-corrected chi connectivity index (χ1v) is 6.42. The van der Waals surface area contributed by atoms with Crippen molar-refractivity contribution in [3.63, 3.8) is 0 Å². The molecule has 0 fully saturated rings. The van der Waals surface area contributed by atoms with Gasteiger partial charge in [0.2, 0.25) is 5.91 Å². The SMILES string of the molecule is Cc1ccc(NC(=O)[C@H]2CC=CC[C@H]2C(=O)[O-])cc1F. The average Bonchev–Trinajstić information content (AvgIpc) is 2.43. The molecule has 20 heavy (non-hydrogen) atoms. The van der Waals surface area contributed by atoms with E-state index >= 15 is 0 Å². The Kier molecular flexibility index (Phi) is 4.17. The van der Waals surface area contributed by atoms with Gasteiger partial charge in [-0.1, -0.05) is 18.2 Å². The molecule has 5 heteroatoms. The number of carbonyl (C=O) groups excluding carboxylic acids is 2. The molecule has 0 saturated carbocycles. The maximum atomic E-state index is 13.4. The fourth-order valence-corrected chi connectivity index (χ4v) is 2.27. The van der Waals surface area contributed by atoms with E-state index in [0.29, 0.717) is 17.7 Å². The van der Waals surface area contributed by atoms with Crippen molar-refractivity contribution in [3.05, 3.63) is 41.7 Å². The normalized spacial score (nSPS) is 21.5. The number of carbonyl (C=O) groups is 2. The number of anilines is 1. The van der Waals surface area contributed by atoms with E-state index in [0.717, 1.165) is 0 Å². The number of rotatable bonds is 3. The number of allylic oxidation sites excluding steroid dienone is 2. The molecular weight excluding hydrogens is 261 g/mol. The van der Waals surface area contributed by atoms with Gasteiger partial charge in [0.25, 0.3) is 0 Å². The van der Waals surface area contributed by atoms with E-state index < -0.39 is 29.5 Å². The zero-order valence-corrected chi connectivity index (χ0v) is 11.1. The summed E-state index contributed by atoms with van der Waals surface area (Å²) in [5.41, 5.74) is 0.806. The van der Waals surface area contributed by atoms with Crippen LogP contribution in [-0.2, 0) is 9.59 Å². The van der Waals surface area contributed by atoms with Crippen LogP contribution in [-0.4, -0.2) is 11.9 Å². The van der Waals surface area contributed by atoms with E-state index in [4.69, 9.17) is 0 Å². The molecule has 2 atom stereocenters. The van der Waals surface area contributed by atoms with Gasteiger partial charge in [-0.15, -0.1) is 0 Å². The first-order chi connectivity index (χ1) is 9.49. The number of halogens is 1. The van der Waals surface area contributed by atoms with Crippen molar-refractivity contribution in [3.8, 4) is 0 Å². The first kappa shape index (κ1) is 14.2. The lowest BCUT2D eigenvalue weighted by Gasteiger charge is -2.28. The Hall–Kier alpha value is -2.17. The number of nitrogens with one attached hydrogen (secondary N) is 1. The van der Waals surface area contributed by atoms with Gasteiger partial charge in [-0.25, -0.2) is 4.39 Å². The highest BCUT2D eigenvalue weighted by Gasteiger charge is 2.29. The molecule has 2 rings (SSSR count). The lowest BCUT2D eigenvalue weighted by molar-refractivity contribution is -0.313. The van der Waals surface area contributed by atoms with Crippen molar-refractivity contribution in [2.45, 2.75) is 19.8 Å². The molecule has 1 N–H and O–H groups in total. The smallest absolute Gasteiger partial charge is 0.228 e. The summed E-state index contributed by atoms with van der Waals surface area (Å²) >= 11 is 0. The van der Waals surface area contributed by atoms with Crippen LogP contribution in [0.3, 0.4) is 0 Å². The average molecular weight is 276 g/mol. The monoisotopic (exact) mass is 276 g/mol. The number of carboxylic acid groups (broad SMARTS) is 1. The van der Waals surface area contributed by atoms with Crippen LogP contribution in [0.4, 0.5) is 10.1 Å². The number of benzene rings is 1. The Bertz CT molecular complexity index is 568. The first-order valence-electron chi connectivity index (χ1n) is 6.42. The standard InChI is InChI=1S/C15H16FNO3/c1-9-6-7-10(8-13(9)16)17-14(18)11-4-2-3-5-12(11)15(19)20/h2-3,6-8,11-12H,4-5H2,1H3,(H,17,18)(H,19,20)/p-1/t11-,12+/m0/s1. The van der Waals surface area contributed by atoms with Crippen LogP contribution < -0.4 is 10.4 Å². The fraction of sp³-hybridized carbons (Fsp3) is 0.333. The Morgan fingerprint density at radius 2 is 1.90 bits per heavy atom. The van der Waals surface area contributed by atoms with Crippen LogP contribution in [0.5, 0.6) is 0 Å². The summed E-state index contributed by atoms with van der Waals surface area (Å²) in [6, 6.07) is 4.37. The van der Waals surface area contributed by atoms with E-state index in [9.17, 15) is 19.1 Å². The summed E-state index contributed by atoms with van der Waals surface area (Å²) in [6.07, 6.45) is 4.14. The van der Waals surface area contributed by atoms with Crippen molar-refractivity contribution in [1.82, 2.24) is 0 Å². The van der Waals surface area contributed by atoms with E-state index in [1.54, 1.807) is 31.2 Å². The van der Waals surface area contributed by atoms with Crippen molar-refractivity contribution in [2.24, 2.45) is 11.8 Å². The maximum Gasteiger partial charge on any atom is 0.228 e. The van der Waals surface area contributed by atoms with Crippen LogP contribution in [0.25, 0.3) is 0 Å². The van der Waals surface area contributed by atoms with Crippen LogP contribution in [0.2, 0.25) is 0 Å². The molecule has 0 heterocycles. The van der Waals surface area contributed by atoms with Gasteiger partial charge in [-0.3, -0.25) is 4.79 Å². The molecule has 1 aromatic rings. The predicted octanol–water partition coefficient (Wildman–Crippen LogP) is 1.40. The van der Waals surface area contributed by atoms with Gasteiger partial charge in [0.15, 0.2) is 0 Å². The molecule has 0 spiro atoms. The van der Waals surface area contributed by atoms with Crippen LogP contribution in [0.15, 0.2) is 30.4 Å². The summed E-state index contributed by atoms with van der Waals surface area (Å²) in [7, 11) is 0. The molecule has 0 saturated heterocycles. The highest BCUT2D eigenvalue weighted by atomic mass is 19.1. The van der Waals surface area contributed by atoms with Crippen molar-refractivity contribution >= 4 is 17.6 Å². The summed E-state index contributed by atoms with van der Waals surface area (Å²) < 4.78 is 13.4.